The minimum absolute atomic E-state index is 0.235. The normalized spacial score (nSPS) is 13.4. The molecule has 0 saturated heterocycles. The van der Waals surface area contributed by atoms with E-state index in [4.69, 9.17) is 11.6 Å². The van der Waals surface area contributed by atoms with E-state index in [9.17, 15) is 4.39 Å². The number of benzene rings is 5. The van der Waals surface area contributed by atoms with Crippen LogP contribution in [0.25, 0.3) is 22.3 Å². The predicted octanol–water partition coefficient (Wildman–Crippen LogP) is 8.51. The summed E-state index contributed by atoms with van der Waals surface area (Å²) in [6.45, 7) is 0. The lowest BCUT2D eigenvalue weighted by atomic mass is 9.67. The third kappa shape index (κ3) is 3.04. The van der Waals surface area contributed by atoms with E-state index in [1.54, 1.807) is 12.1 Å². The van der Waals surface area contributed by atoms with Gasteiger partial charge in [-0.25, -0.2) is 4.39 Å². The minimum Gasteiger partial charge on any atom is -0.207 e. The lowest BCUT2D eigenvalue weighted by Gasteiger charge is -2.34. The van der Waals surface area contributed by atoms with Crippen LogP contribution in [-0.4, -0.2) is 0 Å². The molecular formula is C31H20ClF. The van der Waals surface area contributed by atoms with Gasteiger partial charge in [0, 0.05) is 5.02 Å². The average Bonchev–Trinajstić information content (AvgIpc) is 3.16. The van der Waals surface area contributed by atoms with Crippen molar-refractivity contribution in [3.05, 3.63) is 154 Å². The van der Waals surface area contributed by atoms with Crippen molar-refractivity contribution >= 4 is 11.6 Å². The molecule has 0 fully saturated rings. The number of rotatable bonds is 3. The van der Waals surface area contributed by atoms with E-state index in [0.29, 0.717) is 5.02 Å². The number of hydrogen-bond donors (Lipinski definition) is 0. The van der Waals surface area contributed by atoms with Crippen molar-refractivity contribution in [2.24, 2.45) is 0 Å². The topological polar surface area (TPSA) is 0 Å². The molecule has 0 nitrogen and oxygen atoms in total. The standard InChI is InChI=1S/C31H20ClF/c32-25-10-6-8-22(20-25)21-7-5-9-24(19-21)31(23-15-17-26(33)18-16-23)29-13-3-1-11-27(29)28-12-2-4-14-30(28)31/h1-20H. The van der Waals surface area contributed by atoms with Gasteiger partial charge in [-0.2, -0.15) is 0 Å². The third-order valence-corrected chi connectivity index (χ3v) is 6.92. The lowest BCUT2D eigenvalue weighted by molar-refractivity contribution is 0.625. The minimum atomic E-state index is -0.546. The Balaban J connectivity index is 1.70. The van der Waals surface area contributed by atoms with Crippen molar-refractivity contribution in [3.8, 4) is 22.3 Å². The first kappa shape index (κ1) is 20.0. The van der Waals surface area contributed by atoms with E-state index >= 15 is 0 Å². The molecule has 0 amide bonds. The van der Waals surface area contributed by atoms with Gasteiger partial charge in [-0.3, -0.25) is 0 Å². The molecule has 0 heterocycles. The van der Waals surface area contributed by atoms with Crippen molar-refractivity contribution in [2.45, 2.75) is 5.41 Å². The molecule has 0 aliphatic heterocycles. The van der Waals surface area contributed by atoms with Crippen LogP contribution in [0.1, 0.15) is 22.3 Å². The highest BCUT2D eigenvalue weighted by Gasteiger charge is 2.45. The van der Waals surface area contributed by atoms with E-state index < -0.39 is 5.41 Å². The van der Waals surface area contributed by atoms with Gasteiger partial charge < -0.3 is 0 Å². The van der Waals surface area contributed by atoms with Gasteiger partial charge in [-0.1, -0.05) is 103 Å². The van der Waals surface area contributed by atoms with E-state index in [0.717, 1.165) is 22.3 Å². The number of fused-ring (bicyclic) bond motifs is 3. The van der Waals surface area contributed by atoms with Crippen molar-refractivity contribution in [2.75, 3.05) is 0 Å². The molecule has 0 atom stereocenters. The van der Waals surface area contributed by atoms with Crippen LogP contribution in [0.2, 0.25) is 5.02 Å². The molecule has 0 bridgehead atoms. The van der Waals surface area contributed by atoms with Gasteiger partial charge in [0.2, 0.25) is 0 Å². The number of hydrogen-bond acceptors (Lipinski definition) is 0. The summed E-state index contributed by atoms with van der Waals surface area (Å²) in [4.78, 5) is 0. The Hall–Kier alpha value is -3.68. The molecule has 0 radical (unpaired) electrons. The van der Waals surface area contributed by atoms with Gasteiger partial charge in [0.25, 0.3) is 0 Å². The SMILES string of the molecule is Fc1ccc(C2(c3cccc(-c4cccc(Cl)c4)c3)c3ccccc3-c3ccccc32)cc1. The lowest BCUT2D eigenvalue weighted by Crippen LogP contribution is -2.28. The molecule has 33 heavy (non-hydrogen) atoms. The van der Waals surface area contributed by atoms with Gasteiger partial charge in [-0.05, 0) is 74.8 Å². The molecule has 5 aromatic rings. The molecular weight excluding hydrogens is 427 g/mol. The van der Waals surface area contributed by atoms with Crippen LogP contribution in [0, 0.1) is 5.82 Å². The summed E-state index contributed by atoms with van der Waals surface area (Å²) in [6.07, 6.45) is 0. The average molecular weight is 447 g/mol. The summed E-state index contributed by atoms with van der Waals surface area (Å²) in [5.41, 5.74) is 8.65. The Kier molecular flexibility index (Phi) is 4.67. The van der Waals surface area contributed by atoms with Gasteiger partial charge >= 0.3 is 0 Å². The highest BCUT2D eigenvalue weighted by Crippen LogP contribution is 2.56. The molecule has 0 unspecified atom stereocenters. The first-order valence-corrected chi connectivity index (χ1v) is 11.4. The second-order valence-electron chi connectivity index (χ2n) is 8.44. The Morgan fingerprint density at radius 1 is 0.515 bits per heavy atom. The zero-order valence-corrected chi connectivity index (χ0v) is 18.6. The Morgan fingerprint density at radius 2 is 1.09 bits per heavy atom. The van der Waals surface area contributed by atoms with Crippen molar-refractivity contribution in [1.82, 2.24) is 0 Å². The summed E-state index contributed by atoms with van der Waals surface area (Å²) >= 11 is 6.30. The van der Waals surface area contributed by atoms with E-state index in [2.05, 4.69) is 78.9 Å². The smallest absolute Gasteiger partial charge is 0.123 e. The van der Waals surface area contributed by atoms with Gasteiger partial charge in [0.15, 0.2) is 0 Å². The maximum absolute atomic E-state index is 14.0. The molecule has 0 N–H and O–H groups in total. The first-order chi connectivity index (χ1) is 16.2. The first-order valence-electron chi connectivity index (χ1n) is 11.0. The quantitative estimate of drug-likeness (QED) is 0.255. The molecule has 0 saturated carbocycles. The molecule has 6 rings (SSSR count). The van der Waals surface area contributed by atoms with E-state index in [-0.39, 0.29) is 5.82 Å². The van der Waals surface area contributed by atoms with Crippen LogP contribution >= 0.6 is 11.6 Å². The highest BCUT2D eigenvalue weighted by molar-refractivity contribution is 6.30. The molecule has 5 aromatic carbocycles. The molecule has 158 valence electrons. The third-order valence-electron chi connectivity index (χ3n) is 6.68. The largest absolute Gasteiger partial charge is 0.207 e. The number of halogens is 2. The summed E-state index contributed by atoms with van der Waals surface area (Å²) in [5.74, 6) is -0.235. The molecule has 1 aliphatic carbocycles. The fourth-order valence-electron chi connectivity index (χ4n) is 5.32. The Labute approximate surface area is 197 Å². The maximum Gasteiger partial charge on any atom is 0.123 e. The molecule has 0 spiro atoms. The molecule has 2 heteroatoms. The second-order valence-corrected chi connectivity index (χ2v) is 8.88. The van der Waals surface area contributed by atoms with Crippen LogP contribution in [0.4, 0.5) is 4.39 Å². The molecule has 0 aromatic heterocycles. The Bertz CT molecular complexity index is 1440. The summed E-state index contributed by atoms with van der Waals surface area (Å²) in [6, 6.07) is 40.6. The monoisotopic (exact) mass is 446 g/mol. The van der Waals surface area contributed by atoms with Gasteiger partial charge in [0.05, 0.1) is 5.41 Å². The zero-order chi connectivity index (χ0) is 22.4. The van der Waals surface area contributed by atoms with Crippen molar-refractivity contribution in [3.63, 3.8) is 0 Å². The second kappa shape index (κ2) is 7.72. The zero-order valence-electron chi connectivity index (χ0n) is 17.8. The summed E-state index contributed by atoms with van der Waals surface area (Å²) in [5, 5.41) is 0.711. The van der Waals surface area contributed by atoms with Crippen LogP contribution in [-0.2, 0) is 5.41 Å². The van der Waals surface area contributed by atoms with E-state index in [1.165, 1.54) is 22.3 Å². The predicted molar refractivity (Wildman–Crippen MR) is 134 cm³/mol. The van der Waals surface area contributed by atoms with Gasteiger partial charge in [-0.15, -0.1) is 0 Å². The van der Waals surface area contributed by atoms with Gasteiger partial charge in [0.1, 0.15) is 5.82 Å². The van der Waals surface area contributed by atoms with Crippen LogP contribution in [0.5, 0.6) is 0 Å². The molecule has 1 aliphatic rings. The fourth-order valence-corrected chi connectivity index (χ4v) is 5.51. The summed E-state index contributed by atoms with van der Waals surface area (Å²) in [7, 11) is 0. The summed E-state index contributed by atoms with van der Waals surface area (Å²) < 4.78 is 14.0. The maximum atomic E-state index is 14.0. The fraction of sp³-hybridized carbons (Fsp3) is 0.0323. The highest BCUT2D eigenvalue weighted by atomic mass is 35.5. The van der Waals surface area contributed by atoms with Crippen LogP contribution in [0.15, 0.2) is 121 Å². The van der Waals surface area contributed by atoms with Crippen LogP contribution in [0.3, 0.4) is 0 Å². The van der Waals surface area contributed by atoms with E-state index in [1.807, 2.05) is 30.3 Å². The van der Waals surface area contributed by atoms with Crippen LogP contribution < -0.4 is 0 Å². The van der Waals surface area contributed by atoms with Crippen molar-refractivity contribution < 1.29 is 4.39 Å². The van der Waals surface area contributed by atoms with Crippen molar-refractivity contribution in [1.29, 1.82) is 0 Å². The Morgan fingerprint density at radius 3 is 1.73 bits per heavy atom.